The van der Waals surface area contributed by atoms with Crippen molar-refractivity contribution in [3.63, 3.8) is 0 Å². The molecule has 0 aromatic heterocycles. The fourth-order valence-electron chi connectivity index (χ4n) is 3.15. The van der Waals surface area contributed by atoms with E-state index in [9.17, 15) is 49.1 Å². The Morgan fingerprint density at radius 1 is 1.00 bits per heavy atom. The molecule has 2 rings (SSSR count). The molecule has 0 bridgehead atoms. The molecule has 38 heavy (non-hydrogen) atoms. The summed E-state index contributed by atoms with van der Waals surface area (Å²) in [4.78, 5) is 24.1. The Hall–Kier alpha value is -2.74. The zero-order valence-corrected chi connectivity index (χ0v) is 21.3. The van der Waals surface area contributed by atoms with Gasteiger partial charge in [-0.3, -0.25) is 9.59 Å². The third-order valence-corrected chi connectivity index (χ3v) is 5.55. The molecule has 15 heteroatoms. The number of allylic oxidation sites excluding steroid dienone is 1. The van der Waals surface area contributed by atoms with Crippen LogP contribution < -0.4 is 10.6 Å². The molecule has 0 aliphatic heterocycles. The van der Waals surface area contributed by atoms with E-state index in [-0.39, 0.29) is 20.6 Å². The Balaban J connectivity index is 2.35. The van der Waals surface area contributed by atoms with Crippen LogP contribution >= 0.6 is 27.5 Å². The third-order valence-electron chi connectivity index (χ3n) is 4.88. The fourth-order valence-corrected chi connectivity index (χ4v) is 4.04. The van der Waals surface area contributed by atoms with E-state index in [0.717, 1.165) is 31.2 Å². The van der Waals surface area contributed by atoms with Crippen molar-refractivity contribution in [2.24, 2.45) is 0 Å². The van der Waals surface area contributed by atoms with E-state index in [1.165, 1.54) is 11.4 Å². The van der Waals surface area contributed by atoms with Crippen LogP contribution in [0.2, 0.25) is 5.02 Å². The summed E-state index contributed by atoms with van der Waals surface area (Å²) in [5, 5.41) is 3.34. The van der Waals surface area contributed by atoms with Gasteiger partial charge in [-0.15, -0.1) is 0 Å². The number of alkyl halides is 9. The number of hydrogen-bond donors (Lipinski definition) is 2. The maximum atomic E-state index is 13.7. The Kier molecular flexibility index (Phi) is 9.92. The van der Waals surface area contributed by atoms with Crippen molar-refractivity contribution < 1.29 is 49.1 Å². The highest BCUT2D eigenvalue weighted by atomic mass is 79.9. The van der Waals surface area contributed by atoms with Crippen molar-refractivity contribution in [3.05, 3.63) is 74.2 Å². The second-order valence-electron chi connectivity index (χ2n) is 7.91. The van der Waals surface area contributed by atoms with E-state index >= 15 is 0 Å². The van der Waals surface area contributed by atoms with Crippen molar-refractivity contribution in [1.29, 1.82) is 0 Å². The molecule has 2 atom stereocenters. The number of hydrogen-bond acceptors (Lipinski definition) is 2. The number of halogens is 11. The minimum atomic E-state index is -5.14. The molecule has 0 spiro atoms. The topological polar surface area (TPSA) is 58.2 Å². The number of carbonyl (C=O) groups is 2. The molecule has 2 N–H and O–H groups in total. The second-order valence-corrected chi connectivity index (χ2v) is 9.26. The standard InChI is InChI=1S/C23H17BrClF9N2O2/c1-11(19(37)35-10-21(26,27)28)36-20(38)16-4-2-12(6-18(16)23(32,33)34)3-5-17(22(29,30)31)13-7-14(24)9-15(25)8-13/h2-9,11,17H,10H2,1H3,(H,35,37)(H,36,38)/b5-3+/t11-,17?/m1/s1. The maximum absolute atomic E-state index is 13.7. The van der Waals surface area contributed by atoms with Gasteiger partial charge in [-0.2, -0.15) is 39.5 Å². The van der Waals surface area contributed by atoms with Gasteiger partial charge in [-0.05, 0) is 48.4 Å². The van der Waals surface area contributed by atoms with Crippen LogP contribution in [0.3, 0.4) is 0 Å². The van der Waals surface area contributed by atoms with Gasteiger partial charge >= 0.3 is 18.5 Å². The van der Waals surface area contributed by atoms with Crippen LogP contribution in [-0.2, 0) is 11.0 Å². The Labute approximate surface area is 223 Å². The SMILES string of the molecule is C[C@@H](NC(=O)c1ccc(/C=C/C(c2cc(Cl)cc(Br)c2)C(F)(F)F)cc1C(F)(F)F)C(=O)NCC(F)(F)F. The molecule has 2 aromatic rings. The summed E-state index contributed by atoms with van der Waals surface area (Å²) in [6.07, 6.45) is -13.3. The molecule has 0 aliphatic rings. The van der Waals surface area contributed by atoms with Gasteiger partial charge in [0.2, 0.25) is 5.91 Å². The van der Waals surface area contributed by atoms with Gasteiger partial charge in [-0.1, -0.05) is 45.7 Å². The van der Waals surface area contributed by atoms with Gasteiger partial charge < -0.3 is 10.6 Å². The molecule has 2 amide bonds. The molecule has 208 valence electrons. The van der Waals surface area contributed by atoms with Gasteiger partial charge in [-0.25, -0.2) is 0 Å². The summed E-state index contributed by atoms with van der Waals surface area (Å²) < 4.78 is 119. The summed E-state index contributed by atoms with van der Waals surface area (Å²) in [5.74, 6) is -4.96. The average Bonchev–Trinajstić information content (AvgIpc) is 2.74. The van der Waals surface area contributed by atoms with Crippen LogP contribution in [-0.4, -0.2) is 36.8 Å². The molecular weight excluding hydrogens is 623 g/mol. The van der Waals surface area contributed by atoms with Crippen LogP contribution in [0.1, 0.15) is 39.9 Å². The molecule has 0 saturated carbocycles. The van der Waals surface area contributed by atoms with Crippen molar-refractivity contribution in [2.45, 2.75) is 37.4 Å². The highest BCUT2D eigenvalue weighted by Crippen LogP contribution is 2.39. The van der Waals surface area contributed by atoms with E-state index in [0.29, 0.717) is 18.2 Å². The summed E-state index contributed by atoms with van der Waals surface area (Å²) >= 11 is 8.84. The highest BCUT2D eigenvalue weighted by Gasteiger charge is 2.40. The number of rotatable bonds is 7. The van der Waals surface area contributed by atoms with Gasteiger partial charge in [0, 0.05) is 9.50 Å². The monoisotopic (exact) mass is 638 g/mol. The van der Waals surface area contributed by atoms with Gasteiger partial charge in [0.15, 0.2) is 0 Å². The lowest BCUT2D eigenvalue weighted by Crippen LogP contribution is -2.47. The Morgan fingerprint density at radius 3 is 2.16 bits per heavy atom. The van der Waals surface area contributed by atoms with E-state index in [2.05, 4.69) is 15.9 Å². The molecule has 2 aromatic carbocycles. The molecule has 0 aliphatic carbocycles. The van der Waals surface area contributed by atoms with Crippen molar-refractivity contribution in [1.82, 2.24) is 10.6 Å². The third kappa shape index (κ3) is 9.22. The zero-order valence-electron chi connectivity index (χ0n) is 19.0. The molecule has 0 heterocycles. The largest absolute Gasteiger partial charge is 0.417 e. The van der Waals surface area contributed by atoms with E-state index in [1.807, 2.05) is 5.32 Å². The van der Waals surface area contributed by atoms with Crippen LogP contribution in [0.4, 0.5) is 39.5 Å². The van der Waals surface area contributed by atoms with E-state index < -0.39 is 60.0 Å². The lowest BCUT2D eigenvalue weighted by molar-refractivity contribution is -0.139. The maximum Gasteiger partial charge on any atom is 0.417 e. The number of carbonyl (C=O) groups excluding carboxylic acids is 2. The van der Waals surface area contributed by atoms with Gasteiger partial charge in [0.25, 0.3) is 5.91 Å². The fraction of sp³-hybridized carbons (Fsp3) is 0.304. The van der Waals surface area contributed by atoms with Crippen LogP contribution in [0.5, 0.6) is 0 Å². The first kappa shape index (κ1) is 31.5. The first-order valence-corrected chi connectivity index (χ1v) is 11.5. The summed E-state index contributed by atoms with van der Waals surface area (Å²) in [6, 6.07) is 3.97. The smallest absolute Gasteiger partial charge is 0.345 e. The molecule has 4 nitrogen and oxygen atoms in total. The minimum absolute atomic E-state index is 0.00642. The Morgan fingerprint density at radius 2 is 1.63 bits per heavy atom. The van der Waals surface area contributed by atoms with Gasteiger partial charge in [0.05, 0.1) is 17.0 Å². The molecular formula is C23H17BrClF9N2O2. The van der Waals surface area contributed by atoms with Crippen molar-refractivity contribution >= 4 is 45.4 Å². The summed E-state index contributed by atoms with van der Waals surface area (Å²) in [5.41, 5.74) is -3.14. The van der Waals surface area contributed by atoms with E-state index in [4.69, 9.17) is 11.6 Å². The minimum Gasteiger partial charge on any atom is -0.345 e. The first-order valence-electron chi connectivity index (χ1n) is 10.4. The molecule has 0 fully saturated rings. The molecule has 1 unspecified atom stereocenters. The predicted octanol–water partition coefficient (Wildman–Crippen LogP) is 7.28. The first-order chi connectivity index (χ1) is 17.3. The van der Waals surface area contributed by atoms with Gasteiger partial charge in [0.1, 0.15) is 12.6 Å². The van der Waals surface area contributed by atoms with E-state index in [1.54, 1.807) is 0 Å². The zero-order chi connectivity index (χ0) is 29.1. The second kappa shape index (κ2) is 12.0. The van der Waals surface area contributed by atoms with Crippen molar-refractivity contribution in [2.75, 3.05) is 6.54 Å². The lowest BCUT2D eigenvalue weighted by atomic mass is 9.96. The Bertz CT molecular complexity index is 1190. The van der Waals surface area contributed by atoms with Crippen LogP contribution in [0, 0.1) is 0 Å². The lowest BCUT2D eigenvalue weighted by Gasteiger charge is -2.19. The van der Waals surface area contributed by atoms with Crippen molar-refractivity contribution in [3.8, 4) is 0 Å². The predicted molar refractivity (Wildman–Crippen MR) is 124 cm³/mol. The van der Waals surface area contributed by atoms with Crippen LogP contribution in [0.15, 0.2) is 46.9 Å². The summed E-state index contributed by atoms with van der Waals surface area (Å²) in [7, 11) is 0. The quantitative estimate of drug-likeness (QED) is 0.313. The number of amides is 2. The highest BCUT2D eigenvalue weighted by molar-refractivity contribution is 9.10. The molecule has 0 radical (unpaired) electrons. The van der Waals surface area contributed by atoms with Crippen LogP contribution in [0.25, 0.3) is 6.08 Å². The summed E-state index contributed by atoms with van der Waals surface area (Å²) in [6.45, 7) is -0.759. The number of nitrogens with one attached hydrogen (secondary N) is 2. The molecule has 0 saturated heterocycles. The average molecular weight is 640 g/mol. The number of benzene rings is 2. The normalized spacial score (nSPS) is 14.3.